The fraction of sp³-hybridized carbons (Fsp3) is 1.00. The highest BCUT2D eigenvalue weighted by atomic mass is 14.9. The maximum absolute atomic E-state index is 3.11. The summed E-state index contributed by atoms with van der Waals surface area (Å²) >= 11 is 0. The Bertz CT molecular complexity index is 12.7. The van der Waals surface area contributed by atoms with Gasteiger partial charge in [0.05, 0.1) is 0 Å². The first-order valence-corrected chi connectivity index (χ1v) is 4.71. The predicted octanol–water partition coefficient (Wildman–Crippen LogP) is 3.06. The Morgan fingerprint density at radius 2 is 0.800 bits per heavy atom. The van der Waals surface area contributed by atoms with Crippen molar-refractivity contribution in [3.05, 3.63) is 0 Å². The fourth-order valence-electron chi connectivity index (χ4n) is 0.177. The first kappa shape index (κ1) is 16.5. The molecule has 0 amide bonds. The molecule has 0 radical (unpaired) electrons. The van der Waals surface area contributed by atoms with Crippen molar-refractivity contribution >= 4 is 0 Å². The molecule has 10 heavy (non-hydrogen) atoms. The average Bonchev–Trinajstić information content (AvgIpc) is 1.96. The van der Waals surface area contributed by atoms with Crippen LogP contribution in [0.25, 0.3) is 0 Å². The first-order chi connectivity index (χ1) is 5.00. The van der Waals surface area contributed by atoms with E-state index in [1.807, 2.05) is 41.5 Å². The Hall–Kier alpha value is -0.0400. The number of hydrogen-bond acceptors (Lipinski definition) is 1. The summed E-state index contributed by atoms with van der Waals surface area (Å²) in [7, 11) is 0. The van der Waals surface area contributed by atoms with Gasteiger partial charge < -0.3 is 5.32 Å². The molecule has 1 aliphatic rings. The SMILES string of the molecule is C1CNC1.CC.CC.CC. The molecule has 0 aromatic rings. The van der Waals surface area contributed by atoms with Gasteiger partial charge in [-0.15, -0.1) is 0 Å². The minimum absolute atomic E-state index is 1.25. The van der Waals surface area contributed by atoms with Crippen LogP contribution in [0.1, 0.15) is 48.0 Å². The molecule has 1 saturated heterocycles. The molecule has 1 rings (SSSR count). The lowest BCUT2D eigenvalue weighted by Crippen LogP contribution is -2.29. The standard InChI is InChI=1S/C3H7N.3C2H6/c1-2-4-3-1;3*1-2/h4H,1-3H2;3*1-2H3. The lowest BCUT2D eigenvalue weighted by molar-refractivity contribution is 0.527. The summed E-state index contributed by atoms with van der Waals surface area (Å²) in [5.74, 6) is 0. The number of nitrogens with one attached hydrogen (secondary N) is 1. The van der Waals surface area contributed by atoms with Gasteiger partial charge in [-0.25, -0.2) is 0 Å². The van der Waals surface area contributed by atoms with Crippen LogP contribution < -0.4 is 5.32 Å². The summed E-state index contributed by atoms with van der Waals surface area (Å²) in [6.07, 6.45) is 1.39. The zero-order valence-corrected chi connectivity index (χ0v) is 8.62. The lowest BCUT2D eigenvalue weighted by atomic mass is 10.3. The summed E-state index contributed by atoms with van der Waals surface area (Å²) in [4.78, 5) is 0. The van der Waals surface area contributed by atoms with Crippen LogP contribution in [0.2, 0.25) is 0 Å². The van der Waals surface area contributed by atoms with Crippen LogP contribution in [0.4, 0.5) is 0 Å². The van der Waals surface area contributed by atoms with Crippen molar-refractivity contribution in [3.63, 3.8) is 0 Å². The summed E-state index contributed by atoms with van der Waals surface area (Å²) in [5, 5.41) is 3.11. The van der Waals surface area contributed by atoms with E-state index in [0.29, 0.717) is 0 Å². The maximum Gasteiger partial charge on any atom is -0.00368 e. The molecule has 1 N–H and O–H groups in total. The Morgan fingerprint density at radius 3 is 0.800 bits per heavy atom. The summed E-state index contributed by atoms with van der Waals surface area (Å²) in [6, 6.07) is 0. The first-order valence-electron chi connectivity index (χ1n) is 4.71. The summed E-state index contributed by atoms with van der Waals surface area (Å²) < 4.78 is 0. The van der Waals surface area contributed by atoms with E-state index in [-0.39, 0.29) is 0 Å². The zero-order valence-electron chi connectivity index (χ0n) is 8.62. The second kappa shape index (κ2) is 36.2. The Morgan fingerprint density at radius 1 is 0.700 bits per heavy atom. The minimum atomic E-state index is 1.25. The highest BCUT2D eigenvalue weighted by molar-refractivity contribution is 4.56. The third-order valence-corrected chi connectivity index (χ3v) is 0.707. The second-order valence-corrected chi connectivity index (χ2v) is 1.10. The topological polar surface area (TPSA) is 12.0 Å². The van der Waals surface area contributed by atoms with Crippen molar-refractivity contribution < 1.29 is 0 Å². The van der Waals surface area contributed by atoms with Gasteiger partial charge in [0.1, 0.15) is 0 Å². The quantitative estimate of drug-likeness (QED) is 0.555. The van der Waals surface area contributed by atoms with Gasteiger partial charge in [0.2, 0.25) is 0 Å². The number of rotatable bonds is 0. The molecule has 66 valence electrons. The van der Waals surface area contributed by atoms with Gasteiger partial charge in [-0.05, 0) is 19.5 Å². The van der Waals surface area contributed by atoms with Gasteiger partial charge in [-0.2, -0.15) is 0 Å². The Labute approximate surface area is 67.2 Å². The Kier molecular flexibility index (Phi) is 59.8. The minimum Gasteiger partial charge on any atom is -0.317 e. The predicted molar refractivity (Wildman–Crippen MR) is 51.5 cm³/mol. The van der Waals surface area contributed by atoms with E-state index in [4.69, 9.17) is 0 Å². The molecule has 0 aromatic carbocycles. The molecule has 0 unspecified atom stereocenters. The van der Waals surface area contributed by atoms with Crippen LogP contribution in [-0.2, 0) is 0 Å². The van der Waals surface area contributed by atoms with Crippen molar-refractivity contribution in [2.75, 3.05) is 13.1 Å². The van der Waals surface area contributed by atoms with Gasteiger partial charge in [-0.1, -0.05) is 41.5 Å². The summed E-state index contributed by atoms with van der Waals surface area (Å²) in [6.45, 7) is 14.5. The molecular weight excluding hydrogens is 122 g/mol. The second-order valence-electron chi connectivity index (χ2n) is 1.10. The molecule has 1 heteroatoms. The molecule has 0 atom stereocenters. The molecule has 0 spiro atoms. The van der Waals surface area contributed by atoms with E-state index in [2.05, 4.69) is 5.32 Å². The molecule has 0 bridgehead atoms. The average molecular weight is 147 g/mol. The molecule has 1 aliphatic heterocycles. The van der Waals surface area contributed by atoms with Crippen LogP contribution in [0.5, 0.6) is 0 Å². The van der Waals surface area contributed by atoms with E-state index in [1.54, 1.807) is 0 Å². The smallest absolute Gasteiger partial charge is 0.00368 e. The van der Waals surface area contributed by atoms with Gasteiger partial charge in [-0.3, -0.25) is 0 Å². The molecule has 0 saturated carbocycles. The number of hydrogen-bond donors (Lipinski definition) is 1. The van der Waals surface area contributed by atoms with Crippen LogP contribution in [0, 0.1) is 0 Å². The molecule has 1 heterocycles. The van der Waals surface area contributed by atoms with Crippen molar-refractivity contribution in [2.45, 2.75) is 48.0 Å². The normalized spacial score (nSPS) is 11.4. The molecular formula is C9H25N. The van der Waals surface area contributed by atoms with Crippen LogP contribution >= 0.6 is 0 Å². The van der Waals surface area contributed by atoms with Crippen molar-refractivity contribution in [2.24, 2.45) is 0 Å². The molecule has 1 nitrogen and oxygen atoms in total. The van der Waals surface area contributed by atoms with Crippen LogP contribution in [0.15, 0.2) is 0 Å². The highest BCUT2D eigenvalue weighted by Crippen LogP contribution is 1.80. The third kappa shape index (κ3) is 24.6. The van der Waals surface area contributed by atoms with Crippen LogP contribution in [-0.4, -0.2) is 13.1 Å². The fourth-order valence-corrected chi connectivity index (χ4v) is 0.177. The maximum atomic E-state index is 3.11. The van der Waals surface area contributed by atoms with Crippen LogP contribution in [0.3, 0.4) is 0 Å². The van der Waals surface area contributed by atoms with Crippen molar-refractivity contribution in [3.8, 4) is 0 Å². The molecule has 0 aromatic heterocycles. The van der Waals surface area contributed by atoms with Gasteiger partial charge in [0.15, 0.2) is 0 Å². The van der Waals surface area contributed by atoms with Gasteiger partial charge in [0.25, 0.3) is 0 Å². The molecule has 1 fully saturated rings. The Balaban J connectivity index is -0.0000000729. The lowest BCUT2D eigenvalue weighted by Gasteiger charge is -2.09. The van der Waals surface area contributed by atoms with E-state index < -0.39 is 0 Å². The van der Waals surface area contributed by atoms with E-state index in [9.17, 15) is 0 Å². The summed E-state index contributed by atoms with van der Waals surface area (Å²) in [5.41, 5.74) is 0. The van der Waals surface area contributed by atoms with Gasteiger partial charge in [0, 0.05) is 0 Å². The van der Waals surface area contributed by atoms with E-state index >= 15 is 0 Å². The van der Waals surface area contributed by atoms with Gasteiger partial charge >= 0.3 is 0 Å². The van der Waals surface area contributed by atoms with Crippen molar-refractivity contribution in [1.29, 1.82) is 0 Å². The van der Waals surface area contributed by atoms with E-state index in [0.717, 1.165) is 0 Å². The largest absolute Gasteiger partial charge is 0.317 e. The molecule has 0 aliphatic carbocycles. The van der Waals surface area contributed by atoms with Crippen molar-refractivity contribution in [1.82, 2.24) is 5.32 Å². The third-order valence-electron chi connectivity index (χ3n) is 0.707. The van der Waals surface area contributed by atoms with E-state index in [1.165, 1.54) is 19.5 Å². The zero-order chi connectivity index (χ0) is 8.83. The highest BCUT2D eigenvalue weighted by Gasteiger charge is 1.92. The monoisotopic (exact) mass is 147 g/mol.